The number of pyridine rings is 1. The number of aryl methyl sites for hydroxylation is 1. The van der Waals surface area contributed by atoms with Gasteiger partial charge in [0, 0.05) is 29.7 Å². The lowest BCUT2D eigenvalue weighted by atomic mass is 9.93. The highest BCUT2D eigenvalue weighted by Crippen LogP contribution is 2.37. The summed E-state index contributed by atoms with van der Waals surface area (Å²) in [5, 5.41) is 10.9. The fraction of sp³-hybridized carbons (Fsp3) is 0.429. The van der Waals surface area contributed by atoms with E-state index in [9.17, 15) is 5.11 Å². The molecule has 5 rings (SSSR count). The zero-order chi connectivity index (χ0) is 19.4. The van der Waals surface area contributed by atoms with Crippen LogP contribution in [-0.4, -0.2) is 52.7 Å². The van der Waals surface area contributed by atoms with Gasteiger partial charge in [0.15, 0.2) is 5.58 Å². The van der Waals surface area contributed by atoms with E-state index in [-0.39, 0.29) is 5.75 Å². The number of fused-ring (bicyclic) bond motifs is 2. The molecule has 0 radical (unpaired) electrons. The normalized spacial score (nSPS) is 22.8. The number of likely N-dealkylation sites (N-methyl/N-ethyl adjacent to an activating group) is 1. The molecular formula is C21H23ClN4O2. The third kappa shape index (κ3) is 2.91. The smallest absolute Gasteiger partial charge is 0.300 e. The van der Waals surface area contributed by atoms with Gasteiger partial charge < -0.3 is 19.3 Å². The largest absolute Gasteiger partial charge is 0.507 e. The maximum absolute atomic E-state index is 10.3. The van der Waals surface area contributed by atoms with Crippen LogP contribution in [0, 0.1) is 12.8 Å². The van der Waals surface area contributed by atoms with Gasteiger partial charge in [-0.1, -0.05) is 11.6 Å². The van der Waals surface area contributed by atoms with E-state index in [0.717, 1.165) is 25.2 Å². The fourth-order valence-corrected chi connectivity index (χ4v) is 4.93. The minimum absolute atomic E-state index is 0.119. The van der Waals surface area contributed by atoms with Crippen LogP contribution >= 0.6 is 11.6 Å². The summed E-state index contributed by atoms with van der Waals surface area (Å²) in [5.74, 6) is 0.830. The number of oxazole rings is 1. The number of rotatable bonds is 2. The van der Waals surface area contributed by atoms with Gasteiger partial charge in [-0.15, -0.1) is 0 Å². The van der Waals surface area contributed by atoms with Gasteiger partial charge in [-0.3, -0.25) is 0 Å². The fourth-order valence-electron chi connectivity index (χ4n) is 4.66. The third-order valence-electron chi connectivity index (χ3n) is 6.09. The molecule has 2 fully saturated rings. The van der Waals surface area contributed by atoms with Crippen LogP contribution < -0.4 is 4.90 Å². The van der Waals surface area contributed by atoms with Crippen molar-refractivity contribution < 1.29 is 9.52 Å². The van der Waals surface area contributed by atoms with Gasteiger partial charge in [-0.05, 0) is 69.1 Å². The Hall–Kier alpha value is -2.31. The van der Waals surface area contributed by atoms with Crippen molar-refractivity contribution in [2.75, 3.05) is 31.6 Å². The summed E-state index contributed by atoms with van der Waals surface area (Å²) >= 11 is 6.03. The van der Waals surface area contributed by atoms with Crippen LogP contribution in [0.3, 0.4) is 0 Å². The lowest BCUT2D eigenvalue weighted by Crippen LogP contribution is -2.46. The molecule has 2 aliphatic heterocycles. The van der Waals surface area contributed by atoms with Crippen molar-refractivity contribution in [2.24, 2.45) is 5.92 Å². The molecule has 0 spiro atoms. The minimum atomic E-state index is 0.119. The molecule has 4 heterocycles. The quantitative estimate of drug-likeness (QED) is 0.701. The van der Waals surface area contributed by atoms with E-state index in [2.05, 4.69) is 21.8 Å². The molecule has 2 aliphatic rings. The Bertz CT molecular complexity index is 1030. The number of phenols is 1. The summed E-state index contributed by atoms with van der Waals surface area (Å²) in [6, 6.07) is 8.19. The van der Waals surface area contributed by atoms with Crippen LogP contribution in [0.25, 0.3) is 22.5 Å². The number of nitrogens with zero attached hydrogens (tertiary/aromatic N) is 4. The molecule has 146 valence electrons. The van der Waals surface area contributed by atoms with E-state index in [4.69, 9.17) is 21.0 Å². The van der Waals surface area contributed by atoms with Gasteiger partial charge in [-0.2, -0.15) is 4.98 Å². The standard InChI is InChI=1S/C21H23ClN4O2/c1-12-9-14(22)10-17(27)19(12)15-3-4-18-20(23-15)24-21(28-18)26-8-6-13-5-7-25(2)11-16(13)26/h3-4,9-10,13,16,27H,5-8,11H2,1-2H3/t13?,16-/m0/s1. The molecule has 1 N–H and O–H groups in total. The first-order valence-electron chi connectivity index (χ1n) is 9.72. The number of anilines is 1. The van der Waals surface area contributed by atoms with Crippen molar-refractivity contribution in [1.82, 2.24) is 14.9 Å². The summed E-state index contributed by atoms with van der Waals surface area (Å²) in [7, 11) is 2.17. The molecule has 2 atom stereocenters. The van der Waals surface area contributed by atoms with Crippen molar-refractivity contribution in [2.45, 2.75) is 25.8 Å². The molecule has 7 heteroatoms. The summed E-state index contributed by atoms with van der Waals surface area (Å²) < 4.78 is 6.06. The van der Waals surface area contributed by atoms with Gasteiger partial charge in [0.2, 0.25) is 5.65 Å². The van der Waals surface area contributed by atoms with Crippen molar-refractivity contribution in [3.8, 4) is 17.0 Å². The molecule has 0 amide bonds. The lowest BCUT2D eigenvalue weighted by molar-refractivity contribution is 0.206. The molecule has 0 bridgehead atoms. The number of phenolic OH excluding ortho intramolecular Hbond substituents is 1. The zero-order valence-corrected chi connectivity index (χ0v) is 16.8. The third-order valence-corrected chi connectivity index (χ3v) is 6.31. The Morgan fingerprint density at radius 1 is 1.18 bits per heavy atom. The topological polar surface area (TPSA) is 65.6 Å². The van der Waals surface area contributed by atoms with E-state index in [1.54, 1.807) is 0 Å². The second-order valence-corrected chi connectivity index (χ2v) is 8.43. The van der Waals surface area contributed by atoms with Gasteiger partial charge in [0.1, 0.15) is 5.75 Å². The van der Waals surface area contributed by atoms with Crippen molar-refractivity contribution >= 4 is 28.8 Å². The van der Waals surface area contributed by atoms with Crippen molar-refractivity contribution in [1.29, 1.82) is 0 Å². The van der Waals surface area contributed by atoms with Crippen LogP contribution in [0.4, 0.5) is 6.01 Å². The number of likely N-dealkylation sites (tertiary alicyclic amines) is 1. The Morgan fingerprint density at radius 2 is 2.00 bits per heavy atom. The number of hydrogen-bond acceptors (Lipinski definition) is 6. The van der Waals surface area contributed by atoms with Crippen LogP contribution in [-0.2, 0) is 0 Å². The monoisotopic (exact) mass is 398 g/mol. The van der Waals surface area contributed by atoms with Gasteiger partial charge in [0.05, 0.1) is 5.69 Å². The molecule has 2 aromatic heterocycles. The molecule has 0 saturated carbocycles. The second kappa shape index (κ2) is 6.64. The first-order chi connectivity index (χ1) is 13.5. The summed E-state index contributed by atoms with van der Waals surface area (Å²) in [4.78, 5) is 14.0. The summed E-state index contributed by atoms with van der Waals surface area (Å²) in [5.41, 5.74) is 3.43. The molecule has 2 saturated heterocycles. The average molecular weight is 399 g/mol. The SMILES string of the molecule is Cc1cc(Cl)cc(O)c1-c1ccc2oc(N3CCC4CCN(C)C[C@@H]43)nc2n1. The lowest BCUT2D eigenvalue weighted by Gasteiger charge is -2.35. The minimum Gasteiger partial charge on any atom is -0.507 e. The second-order valence-electron chi connectivity index (χ2n) is 7.99. The Morgan fingerprint density at radius 3 is 2.82 bits per heavy atom. The van der Waals surface area contributed by atoms with E-state index >= 15 is 0 Å². The zero-order valence-electron chi connectivity index (χ0n) is 16.0. The maximum Gasteiger partial charge on any atom is 0.300 e. The molecular weight excluding hydrogens is 376 g/mol. The Labute approximate surface area is 168 Å². The van der Waals surface area contributed by atoms with Crippen molar-refractivity contribution in [3.63, 3.8) is 0 Å². The van der Waals surface area contributed by atoms with E-state index in [1.807, 2.05) is 25.1 Å². The molecule has 28 heavy (non-hydrogen) atoms. The van der Waals surface area contributed by atoms with Gasteiger partial charge >= 0.3 is 0 Å². The molecule has 0 aliphatic carbocycles. The Kier molecular flexibility index (Phi) is 4.21. The Balaban J connectivity index is 1.51. The predicted molar refractivity (Wildman–Crippen MR) is 110 cm³/mol. The van der Waals surface area contributed by atoms with Crippen molar-refractivity contribution in [3.05, 3.63) is 34.9 Å². The van der Waals surface area contributed by atoms with Crippen LogP contribution in [0.1, 0.15) is 18.4 Å². The molecule has 3 aromatic rings. The average Bonchev–Trinajstić information content (AvgIpc) is 3.23. The maximum atomic E-state index is 10.3. The number of aromatic nitrogens is 2. The number of halogens is 1. The molecule has 6 nitrogen and oxygen atoms in total. The summed E-state index contributed by atoms with van der Waals surface area (Å²) in [6.07, 6.45) is 2.42. The predicted octanol–water partition coefficient (Wildman–Crippen LogP) is 4.09. The number of aromatic hydroxyl groups is 1. The first kappa shape index (κ1) is 17.8. The highest BCUT2D eigenvalue weighted by Gasteiger charge is 2.39. The summed E-state index contributed by atoms with van der Waals surface area (Å²) in [6.45, 7) is 5.09. The molecule has 1 aromatic carbocycles. The van der Waals surface area contributed by atoms with Gasteiger partial charge in [0.25, 0.3) is 6.01 Å². The highest BCUT2D eigenvalue weighted by atomic mass is 35.5. The first-order valence-corrected chi connectivity index (χ1v) is 10.1. The van der Waals surface area contributed by atoms with E-state index in [0.29, 0.717) is 45.5 Å². The van der Waals surface area contributed by atoms with E-state index in [1.165, 1.54) is 18.9 Å². The number of piperidine rings is 1. The van der Waals surface area contributed by atoms with Crippen LogP contribution in [0.5, 0.6) is 5.75 Å². The van der Waals surface area contributed by atoms with E-state index < -0.39 is 0 Å². The van der Waals surface area contributed by atoms with Gasteiger partial charge in [-0.25, -0.2) is 4.98 Å². The van der Waals surface area contributed by atoms with Crippen LogP contribution in [0.15, 0.2) is 28.7 Å². The highest BCUT2D eigenvalue weighted by molar-refractivity contribution is 6.31. The van der Waals surface area contributed by atoms with Crippen LogP contribution in [0.2, 0.25) is 5.02 Å². The molecule has 1 unspecified atom stereocenters. The number of hydrogen-bond donors (Lipinski definition) is 1. The number of benzene rings is 1.